The van der Waals surface area contributed by atoms with Gasteiger partial charge in [0.25, 0.3) is 0 Å². The van der Waals surface area contributed by atoms with Crippen molar-refractivity contribution in [1.82, 2.24) is 0 Å². The number of hydrogen-bond donors (Lipinski definition) is 1. The molecule has 1 rings (SSSR count). The smallest absolute Gasteiger partial charge is 0.311 e. The molecule has 58 valence electrons. The van der Waals surface area contributed by atoms with Crippen LogP contribution in [0.25, 0.3) is 0 Å². The molecule has 0 spiro atoms. The molecule has 1 fully saturated rings. The first-order valence-corrected chi connectivity index (χ1v) is 3.60. The molecule has 0 radical (unpaired) electrons. The fourth-order valence-corrected chi connectivity index (χ4v) is 1.18. The molecule has 0 saturated carbocycles. The number of cyclic esters (lactones) is 1. The van der Waals surface area contributed by atoms with Gasteiger partial charge < -0.3 is 9.84 Å². The molecule has 1 aliphatic rings. The van der Waals surface area contributed by atoms with Gasteiger partial charge in [0.2, 0.25) is 0 Å². The Labute approximate surface area is 60.0 Å². The summed E-state index contributed by atoms with van der Waals surface area (Å²) in [6.07, 6.45) is 0.774. The number of hydrogen-bond acceptors (Lipinski definition) is 3. The van der Waals surface area contributed by atoms with E-state index < -0.39 is 6.10 Å². The number of aliphatic hydroxyl groups is 1. The molecule has 0 aromatic heterocycles. The van der Waals surface area contributed by atoms with Crippen LogP contribution in [0, 0.1) is 5.92 Å². The van der Waals surface area contributed by atoms with Crippen LogP contribution in [0.1, 0.15) is 19.8 Å². The van der Waals surface area contributed by atoms with Crippen LogP contribution in [0.3, 0.4) is 0 Å². The van der Waals surface area contributed by atoms with E-state index in [4.69, 9.17) is 4.74 Å². The highest BCUT2D eigenvalue weighted by atomic mass is 16.5. The summed E-state index contributed by atoms with van der Waals surface area (Å²) in [5, 5.41) is 9.24. The van der Waals surface area contributed by atoms with Gasteiger partial charge >= 0.3 is 5.97 Å². The molecule has 1 heterocycles. The molecule has 3 nitrogen and oxygen atoms in total. The highest BCUT2D eigenvalue weighted by Gasteiger charge is 2.30. The second kappa shape index (κ2) is 3.01. The summed E-state index contributed by atoms with van der Waals surface area (Å²) in [6, 6.07) is 0. The Balaban J connectivity index is 2.53. The van der Waals surface area contributed by atoms with Crippen LogP contribution in [-0.2, 0) is 9.53 Å². The van der Waals surface area contributed by atoms with Gasteiger partial charge in [0.05, 0.1) is 18.6 Å². The number of carbonyl (C=O) groups is 1. The van der Waals surface area contributed by atoms with E-state index >= 15 is 0 Å². The maximum Gasteiger partial charge on any atom is 0.311 e. The largest absolute Gasteiger partial charge is 0.465 e. The predicted octanol–water partition coefficient (Wildman–Crippen LogP) is 0.320. The minimum Gasteiger partial charge on any atom is -0.465 e. The summed E-state index contributed by atoms with van der Waals surface area (Å²) in [7, 11) is 0. The molecule has 3 heteroatoms. The molecule has 1 aliphatic heterocycles. The Morgan fingerprint density at radius 3 is 2.90 bits per heavy atom. The standard InChI is InChI=1S/C7H12O3/c1-2-5-6(8)3-4-10-7(5)9/h5-6,8H,2-4H2,1H3/t5-,6+/m0/s1. The van der Waals surface area contributed by atoms with E-state index in [1.807, 2.05) is 6.92 Å². The van der Waals surface area contributed by atoms with Crippen LogP contribution in [0.5, 0.6) is 0 Å². The summed E-state index contributed by atoms with van der Waals surface area (Å²) in [6.45, 7) is 2.25. The summed E-state index contributed by atoms with van der Waals surface area (Å²) in [5.74, 6) is -0.532. The van der Waals surface area contributed by atoms with Crippen molar-refractivity contribution in [3.63, 3.8) is 0 Å². The van der Waals surface area contributed by atoms with Gasteiger partial charge in [-0.25, -0.2) is 0 Å². The highest BCUT2D eigenvalue weighted by molar-refractivity contribution is 5.73. The minimum atomic E-state index is -0.480. The number of ether oxygens (including phenoxy) is 1. The van der Waals surface area contributed by atoms with E-state index in [0.29, 0.717) is 19.4 Å². The molecule has 0 amide bonds. The third-order valence-electron chi connectivity index (χ3n) is 1.86. The van der Waals surface area contributed by atoms with Gasteiger partial charge in [0, 0.05) is 6.42 Å². The van der Waals surface area contributed by atoms with Crippen LogP contribution >= 0.6 is 0 Å². The molecular weight excluding hydrogens is 132 g/mol. The minimum absolute atomic E-state index is 0.249. The quantitative estimate of drug-likeness (QED) is 0.539. The third-order valence-corrected chi connectivity index (χ3v) is 1.86. The third kappa shape index (κ3) is 1.29. The van der Waals surface area contributed by atoms with E-state index in [-0.39, 0.29) is 11.9 Å². The molecule has 0 bridgehead atoms. The van der Waals surface area contributed by atoms with Gasteiger partial charge in [-0.15, -0.1) is 0 Å². The Hall–Kier alpha value is -0.570. The van der Waals surface area contributed by atoms with Gasteiger partial charge in [-0.1, -0.05) is 6.92 Å². The Morgan fingerprint density at radius 2 is 2.50 bits per heavy atom. The topological polar surface area (TPSA) is 46.5 Å². The maximum absolute atomic E-state index is 10.9. The van der Waals surface area contributed by atoms with Crippen LogP contribution in [0.2, 0.25) is 0 Å². The summed E-state index contributed by atoms with van der Waals surface area (Å²) in [4.78, 5) is 10.9. The second-order valence-electron chi connectivity index (χ2n) is 2.54. The van der Waals surface area contributed by atoms with Crippen molar-refractivity contribution in [2.24, 2.45) is 5.92 Å². The molecule has 2 atom stereocenters. The molecule has 0 aromatic rings. The van der Waals surface area contributed by atoms with Crippen molar-refractivity contribution < 1.29 is 14.6 Å². The molecule has 0 aromatic carbocycles. The molecule has 10 heavy (non-hydrogen) atoms. The van der Waals surface area contributed by atoms with Gasteiger partial charge in [0.15, 0.2) is 0 Å². The first-order valence-electron chi connectivity index (χ1n) is 3.60. The van der Waals surface area contributed by atoms with Crippen LogP contribution in [-0.4, -0.2) is 23.8 Å². The summed E-state index contributed by atoms with van der Waals surface area (Å²) in [5.41, 5.74) is 0. The zero-order valence-corrected chi connectivity index (χ0v) is 6.04. The number of carbonyl (C=O) groups excluding carboxylic acids is 1. The lowest BCUT2D eigenvalue weighted by atomic mass is 9.95. The predicted molar refractivity (Wildman–Crippen MR) is 35.4 cm³/mol. The fourth-order valence-electron chi connectivity index (χ4n) is 1.18. The maximum atomic E-state index is 10.9. The Morgan fingerprint density at radius 1 is 1.80 bits per heavy atom. The zero-order chi connectivity index (χ0) is 7.56. The lowest BCUT2D eigenvalue weighted by molar-refractivity contribution is -0.160. The molecule has 0 aliphatic carbocycles. The van der Waals surface area contributed by atoms with Crippen molar-refractivity contribution in [2.75, 3.05) is 6.61 Å². The normalized spacial score (nSPS) is 33.6. The summed E-state index contributed by atoms with van der Waals surface area (Å²) >= 11 is 0. The van der Waals surface area contributed by atoms with E-state index in [1.54, 1.807) is 0 Å². The SMILES string of the molecule is CC[C@@H]1C(=O)OCC[C@H]1O. The number of aliphatic hydroxyl groups excluding tert-OH is 1. The number of rotatable bonds is 1. The fraction of sp³-hybridized carbons (Fsp3) is 0.857. The molecule has 0 unspecified atom stereocenters. The van der Waals surface area contributed by atoms with Gasteiger partial charge in [0.1, 0.15) is 0 Å². The van der Waals surface area contributed by atoms with Gasteiger partial charge in [-0.3, -0.25) is 4.79 Å². The molecule has 1 N–H and O–H groups in total. The van der Waals surface area contributed by atoms with Crippen LogP contribution in [0.4, 0.5) is 0 Å². The van der Waals surface area contributed by atoms with Crippen molar-refractivity contribution in [3.8, 4) is 0 Å². The van der Waals surface area contributed by atoms with E-state index in [0.717, 1.165) is 0 Å². The first kappa shape index (κ1) is 7.54. The zero-order valence-electron chi connectivity index (χ0n) is 6.04. The van der Waals surface area contributed by atoms with Crippen molar-refractivity contribution >= 4 is 5.97 Å². The van der Waals surface area contributed by atoms with Crippen molar-refractivity contribution in [1.29, 1.82) is 0 Å². The monoisotopic (exact) mass is 144 g/mol. The summed E-state index contributed by atoms with van der Waals surface area (Å²) < 4.78 is 4.75. The molecule has 1 saturated heterocycles. The lowest BCUT2D eigenvalue weighted by Crippen LogP contribution is -2.35. The average molecular weight is 144 g/mol. The van der Waals surface area contributed by atoms with Gasteiger partial charge in [-0.2, -0.15) is 0 Å². The van der Waals surface area contributed by atoms with Crippen molar-refractivity contribution in [2.45, 2.75) is 25.9 Å². The van der Waals surface area contributed by atoms with E-state index in [2.05, 4.69) is 0 Å². The average Bonchev–Trinajstić information content (AvgIpc) is 1.88. The van der Waals surface area contributed by atoms with E-state index in [9.17, 15) is 9.90 Å². The van der Waals surface area contributed by atoms with Gasteiger partial charge in [-0.05, 0) is 6.42 Å². The second-order valence-corrected chi connectivity index (χ2v) is 2.54. The highest BCUT2D eigenvalue weighted by Crippen LogP contribution is 2.18. The van der Waals surface area contributed by atoms with Crippen LogP contribution < -0.4 is 0 Å². The van der Waals surface area contributed by atoms with Crippen LogP contribution in [0.15, 0.2) is 0 Å². The Kier molecular flexibility index (Phi) is 2.27. The van der Waals surface area contributed by atoms with Crippen molar-refractivity contribution in [3.05, 3.63) is 0 Å². The number of esters is 1. The van der Waals surface area contributed by atoms with E-state index in [1.165, 1.54) is 0 Å². The lowest BCUT2D eigenvalue weighted by Gasteiger charge is -2.24. The molecular formula is C7H12O3. The Bertz CT molecular complexity index is 133. The first-order chi connectivity index (χ1) is 4.75.